The number of nitrogens with zero attached hydrogens (tertiary/aromatic N) is 3. The maximum atomic E-state index is 11.2. The third-order valence-electron chi connectivity index (χ3n) is 2.22. The molecular formula is C10H12N4O2S. The van der Waals surface area contributed by atoms with E-state index < -0.39 is 5.97 Å². The van der Waals surface area contributed by atoms with E-state index in [9.17, 15) is 4.79 Å². The number of aromatic nitrogens is 3. The van der Waals surface area contributed by atoms with Gasteiger partial charge in [-0.15, -0.1) is 11.3 Å². The zero-order valence-electron chi connectivity index (χ0n) is 9.51. The number of esters is 1. The first kappa shape index (κ1) is 11.6. The van der Waals surface area contributed by atoms with Crippen LogP contribution in [-0.4, -0.2) is 27.6 Å². The number of thiazole rings is 1. The van der Waals surface area contributed by atoms with Crippen molar-refractivity contribution in [2.45, 2.75) is 6.54 Å². The number of hydrogen-bond donors (Lipinski definition) is 1. The Morgan fingerprint density at radius 1 is 1.65 bits per heavy atom. The van der Waals surface area contributed by atoms with E-state index in [1.54, 1.807) is 11.6 Å². The Labute approximate surface area is 102 Å². The molecule has 2 heterocycles. The summed E-state index contributed by atoms with van der Waals surface area (Å²) >= 11 is 1.36. The van der Waals surface area contributed by atoms with Gasteiger partial charge in [0.15, 0.2) is 10.8 Å². The minimum atomic E-state index is -0.425. The second-order valence-corrected chi connectivity index (χ2v) is 4.20. The normalized spacial score (nSPS) is 10.2. The molecule has 2 rings (SSSR count). The highest BCUT2D eigenvalue weighted by atomic mass is 32.1. The predicted molar refractivity (Wildman–Crippen MR) is 64.0 cm³/mol. The molecule has 1 N–H and O–H groups in total. The highest BCUT2D eigenvalue weighted by Gasteiger charge is 2.10. The highest BCUT2D eigenvalue weighted by molar-refractivity contribution is 7.13. The van der Waals surface area contributed by atoms with Gasteiger partial charge in [0.2, 0.25) is 0 Å². The van der Waals surface area contributed by atoms with Gasteiger partial charge < -0.3 is 14.6 Å². The fourth-order valence-electron chi connectivity index (χ4n) is 1.27. The SMILES string of the molecule is COC(=O)c1csc(NCc2nccn2C)n1. The molecule has 2 aromatic rings. The highest BCUT2D eigenvalue weighted by Crippen LogP contribution is 2.16. The van der Waals surface area contributed by atoms with Gasteiger partial charge in [0, 0.05) is 24.8 Å². The molecule has 0 atom stereocenters. The minimum Gasteiger partial charge on any atom is -0.464 e. The smallest absolute Gasteiger partial charge is 0.357 e. The summed E-state index contributed by atoms with van der Waals surface area (Å²) in [5.74, 6) is 0.478. The number of anilines is 1. The lowest BCUT2D eigenvalue weighted by Gasteiger charge is -2.02. The van der Waals surface area contributed by atoms with Gasteiger partial charge in [-0.1, -0.05) is 0 Å². The van der Waals surface area contributed by atoms with Crippen LogP contribution in [0, 0.1) is 0 Å². The van der Waals surface area contributed by atoms with Crippen LogP contribution in [0.4, 0.5) is 5.13 Å². The van der Waals surface area contributed by atoms with E-state index in [4.69, 9.17) is 0 Å². The van der Waals surface area contributed by atoms with E-state index in [0.29, 0.717) is 17.4 Å². The van der Waals surface area contributed by atoms with Crippen molar-refractivity contribution in [3.05, 3.63) is 29.3 Å². The van der Waals surface area contributed by atoms with E-state index >= 15 is 0 Å². The predicted octanol–water partition coefficient (Wildman–Crippen LogP) is 1.28. The molecule has 0 saturated carbocycles. The molecule has 90 valence electrons. The summed E-state index contributed by atoms with van der Waals surface area (Å²) in [7, 11) is 3.26. The Balaban J connectivity index is 1.98. The lowest BCUT2D eigenvalue weighted by molar-refractivity contribution is 0.0595. The molecule has 0 saturated heterocycles. The summed E-state index contributed by atoms with van der Waals surface area (Å²) in [5.41, 5.74) is 0.319. The Morgan fingerprint density at radius 3 is 3.12 bits per heavy atom. The molecule has 0 spiro atoms. The van der Waals surface area contributed by atoms with Crippen LogP contribution in [-0.2, 0) is 18.3 Å². The number of rotatable bonds is 4. The lowest BCUT2D eigenvalue weighted by Crippen LogP contribution is -2.06. The van der Waals surface area contributed by atoms with Gasteiger partial charge >= 0.3 is 5.97 Å². The third kappa shape index (κ3) is 2.62. The van der Waals surface area contributed by atoms with E-state index in [1.165, 1.54) is 18.4 Å². The monoisotopic (exact) mass is 252 g/mol. The first-order valence-corrected chi connectivity index (χ1v) is 5.82. The van der Waals surface area contributed by atoms with E-state index in [1.807, 2.05) is 17.8 Å². The Kier molecular flexibility index (Phi) is 3.38. The molecule has 2 aromatic heterocycles. The van der Waals surface area contributed by atoms with Crippen molar-refractivity contribution >= 4 is 22.4 Å². The number of hydrogen-bond acceptors (Lipinski definition) is 6. The van der Waals surface area contributed by atoms with Crippen molar-refractivity contribution in [1.29, 1.82) is 0 Å². The molecule has 0 fully saturated rings. The Morgan fingerprint density at radius 2 is 2.47 bits per heavy atom. The van der Waals surface area contributed by atoms with Gasteiger partial charge in [-0.05, 0) is 0 Å². The topological polar surface area (TPSA) is 69.0 Å². The van der Waals surface area contributed by atoms with E-state index in [-0.39, 0.29) is 0 Å². The van der Waals surface area contributed by atoms with Crippen LogP contribution in [0.25, 0.3) is 0 Å². The molecule has 0 aromatic carbocycles. The molecule has 0 amide bonds. The quantitative estimate of drug-likeness (QED) is 0.830. The Hall–Kier alpha value is -1.89. The van der Waals surface area contributed by atoms with Gasteiger partial charge in [-0.25, -0.2) is 14.8 Å². The van der Waals surface area contributed by atoms with Crippen LogP contribution in [0.2, 0.25) is 0 Å². The summed E-state index contributed by atoms with van der Waals surface area (Å²) in [6.45, 7) is 0.567. The molecule has 0 unspecified atom stereocenters. The molecule has 7 heteroatoms. The number of ether oxygens (including phenoxy) is 1. The first-order valence-electron chi connectivity index (χ1n) is 4.94. The van der Waals surface area contributed by atoms with Crippen molar-refractivity contribution < 1.29 is 9.53 Å². The van der Waals surface area contributed by atoms with Crippen molar-refractivity contribution in [1.82, 2.24) is 14.5 Å². The lowest BCUT2D eigenvalue weighted by atomic mass is 10.5. The summed E-state index contributed by atoms with van der Waals surface area (Å²) in [6, 6.07) is 0. The second kappa shape index (κ2) is 4.96. The molecule has 0 aliphatic carbocycles. The number of aryl methyl sites for hydroxylation is 1. The summed E-state index contributed by atoms with van der Waals surface area (Å²) in [4.78, 5) is 19.5. The van der Waals surface area contributed by atoms with Gasteiger partial charge in [0.1, 0.15) is 5.82 Å². The van der Waals surface area contributed by atoms with Gasteiger partial charge in [0.25, 0.3) is 0 Å². The first-order chi connectivity index (χ1) is 8.20. The average Bonchev–Trinajstić information content (AvgIpc) is 2.94. The standard InChI is InChI=1S/C10H12N4O2S/c1-14-4-3-11-8(14)5-12-10-13-7(6-17-10)9(15)16-2/h3-4,6H,5H2,1-2H3,(H,12,13). The second-order valence-electron chi connectivity index (χ2n) is 3.34. The van der Waals surface area contributed by atoms with Crippen LogP contribution in [0.1, 0.15) is 16.3 Å². The molecule has 0 aliphatic rings. The van der Waals surface area contributed by atoms with Crippen LogP contribution in [0.5, 0.6) is 0 Å². The largest absolute Gasteiger partial charge is 0.464 e. The zero-order valence-corrected chi connectivity index (χ0v) is 10.3. The van der Waals surface area contributed by atoms with Gasteiger partial charge in [0.05, 0.1) is 13.7 Å². The van der Waals surface area contributed by atoms with Crippen molar-refractivity contribution in [3.8, 4) is 0 Å². The number of imidazole rings is 1. The van der Waals surface area contributed by atoms with Crippen molar-refractivity contribution in [2.75, 3.05) is 12.4 Å². The van der Waals surface area contributed by atoms with E-state index in [2.05, 4.69) is 20.0 Å². The Bertz CT molecular complexity index is 520. The van der Waals surface area contributed by atoms with Crippen molar-refractivity contribution in [2.24, 2.45) is 7.05 Å². The maximum Gasteiger partial charge on any atom is 0.357 e. The number of carbonyl (C=O) groups is 1. The molecule has 17 heavy (non-hydrogen) atoms. The number of carbonyl (C=O) groups excluding carboxylic acids is 1. The van der Waals surface area contributed by atoms with Crippen LogP contribution in [0.3, 0.4) is 0 Å². The molecule has 6 nitrogen and oxygen atoms in total. The molecular weight excluding hydrogens is 240 g/mol. The summed E-state index contributed by atoms with van der Waals surface area (Å²) in [6.07, 6.45) is 3.61. The van der Waals surface area contributed by atoms with Crippen LogP contribution >= 0.6 is 11.3 Å². The van der Waals surface area contributed by atoms with Gasteiger partial charge in [-0.2, -0.15) is 0 Å². The fraction of sp³-hybridized carbons (Fsp3) is 0.300. The number of methoxy groups -OCH3 is 1. The van der Waals surface area contributed by atoms with Crippen LogP contribution in [0.15, 0.2) is 17.8 Å². The van der Waals surface area contributed by atoms with Crippen molar-refractivity contribution in [3.63, 3.8) is 0 Å². The summed E-state index contributed by atoms with van der Waals surface area (Å²) < 4.78 is 6.50. The molecule has 0 radical (unpaired) electrons. The van der Waals surface area contributed by atoms with E-state index in [0.717, 1.165) is 5.82 Å². The summed E-state index contributed by atoms with van der Waals surface area (Å²) in [5, 5.41) is 5.44. The molecule has 0 bridgehead atoms. The molecule has 0 aliphatic heterocycles. The average molecular weight is 252 g/mol. The van der Waals surface area contributed by atoms with Gasteiger partial charge in [-0.3, -0.25) is 0 Å². The maximum absolute atomic E-state index is 11.2. The third-order valence-corrected chi connectivity index (χ3v) is 3.02. The number of nitrogens with one attached hydrogen (secondary N) is 1. The van der Waals surface area contributed by atoms with Crippen LogP contribution < -0.4 is 5.32 Å². The zero-order chi connectivity index (χ0) is 12.3. The fourth-order valence-corrected chi connectivity index (χ4v) is 1.95. The minimum absolute atomic E-state index is 0.319.